The predicted molar refractivity (Wildman–Crippen MR) is 80.4 cm³/mol. The minimum atomic E-state index is -1.35. The van der Waals surface area contributed by atoms with Crippen molar-refractivity contribution in [3.8, 4) is 0 Å². The SMILES string of the molecule is CC(C)(C)C1=CC(CC(=O)C(=O)O)=CC(C(C)(C)C)C1. The molecule has 20 heavy (non-hydrogen) atoms. The minimum Gasteiger partial charge on any atom is -0.475 e. The Morgan fingerprint density at radius 1 is 1.20 bits per heavy atom. The number of carbonyl (C=O) groups excluding carboxylic acids is 1. The van der Waals surface area contributed by atoms with Crippen molar-refractivity contribution < 1.29 is 14.7 Å². The Morgan fingerprint density at radius 3 is 2.15 bits per heavy atom. The summed E-state index contributed by atoms with van der Waals surface area (Å²) < 4.78 is 0. The molecule has 0 spiro atoms. The Bertz CT molecular complexity index is 467. The molecule has 0 amide bonds. The highest BCUT2D eigenvalue weighted by molar-refractivity contribution is 6.33. The summed E-state index contributed by atoms with van der Waals surface area (Å²) in [5.74, 6) is -1.76. The molecule has 0 aromatic heterocycles. The van der Waals surface area contributed by atoms with Crippen LogP contribution in [0.1, 0.15) is 54.4 Å². The summed E-state index contributed by atoms with van der Waals surface area (Å²) in [5.41, 5.74) is 2.26. The molecule has 0 fully saturated rings. The molecule has 1 N–H and O–H groups in total. The molecule has 0 aromatic rings. The number of hydrogen-bond donors (Lipinski definition) is 1. The summed E-state index contributed by atoms with van der Waals surface area (Å²) in [4.78, 5) is 22.2. The van der Waals surface area contributed by atoms with Crippen molar-refractivity contribution in [3.63, 3.8) is 0 Å². The third-order valence-corrected chi connectivity index (χ3v) is 3.89. The van der Waals surface area contributed by atoms with Gasteiger partial charge in [0.05, 0.1) is 0 Å². The first-order valence-corrected chi connectivity index (χ1v) is 7.09. The topological polar surface area (TPSA) is 54.4 Å². The number of Topliss-reactive ketones (excluding diaryl/α,β-unsaturated/α-hetero) is 1. The van der Waals surface area contributed by atoms with E-state index in [0.29, 0.717) is 5.92 Å². The zero-order valence-electron chi connectivity index (χ0n) is 13.4. The quantitative estimate of drug-likeness (QED) is 0.794. The van der Waals surface area contributed by atoms with Gasteiger partial charge in [-0.2, -0.15) is 0 Å². The molecule has 3 heteroatoms. The van der Waals surface area contributed by atoms with Crippen LogP contribution in [0.15, 0.2) is 23.3 Å². The maximum Gasteiger partial charge on any atom is 0.372 e. The van der Waals surface area contributed by atoms with Crippen LogP contribution in [-0.4, -0.2) is 16.9 Å². The molecular weight excluding hydrogens is 252 g/mol. The van der Waals surface area contributed by atoms with E-state index >= 15 is 0 Å². The summed E-state index contributed by atoms with van der Waals surface area (Å²) in [6, 6.07) is 0. The van der Waals surface area contributed by atoms with Crippen LogP contribution in [0.25, 0.3) is 0 Å². The van der Waals surface area contributed by atoms with Crippen molar-refractivity contribution in [2.24, 2.45) is 16.7 Å². The molecule has 3 nitrogen and oxygen atoms in total. The molecular formula is C17H26O3. The first-order chi connectivity index (χ1) is 8.91. The molecule has 1 aliphatic carbocycles. The Hall–Kier alpha value is -1.38. The largest absolute Gasteiger partial charge is 0.475 e. The minimum absolute atomic E-state index is 0.0124. The highest BCUT2D eigenvalue weighted by Crippen LogP contribution is 2.42. The fourth-order valence-corrected chi connectivity index (χ4v) is 2.33. The maximum atomic E-state index is 11.5. The van der Waals surface area contributed by atoms with Gasteiger partial charge in [-0.25, -0.2) is 4.79 Å². The van der Waals surface area contributed by atoms with Gasteiger partial charge >= 0.3 is 5.97 Å². The molecule has 112 valence electrons. The fraction of sp³-hybridized carbons (Fsp3) is 0.647. The Kier molecular flexibility index (Phi) is 4.62. The predicted octanol–water partition coefficient (Wildman–Crippen LogP) is 4.00. The lowest BCUT2D eigenvalue weighted by Crippen LogP contribution is -2.26. The molecule has 1 unspecified atom stereocenters. The number of carboxylic acid groups (broad SMARTS) is 1. The van der Waals surface area contributed by atoms with Crippen LogP contribution >= 0.6 is 0 Å². The molecule has 0 heterocycles. The second-order valence-electron chi connectivity index (χ2n) is 7.74. The van der Waals surface area contributed by atoms with Gasteiger partial charge in [-0.15, -0.1) is 0 Å². The van der Waals surface area contributed by atoms with E-state index in [2.05, 4.69) is 47.6 Å². The Labute approximate surface area is 121 Å². The van der Waals surface area contributed by atoms with Crippen LogP contribution in [0.2, 0.25) is 0 Å². The summed E-state index contributed by atoms with van der Waals surface area (Å²) in [7, 11) is 0. The van der Waals surface area contributed by atoms with E-state index in [9.17, 15) is 9.59 Å². The van der Waals surface area contributed by atoms with E-state index in [-0.39, 0.29) is 17.3 Å². The maximum absolute atomic E-state index is 11.5. The van der Waals surface area contributed by atoms with Gasteiger partial charge in [0.15, 0.2) is 0 Å². The standard InChI is InChI=1S/C17H26O3/c1-16(2,3)12-7-11(9-14(18)15(19)20)8-13(10-12)17(4,5)6/h7-8,12H,9-10H2,1-6H3,(H,19,20). The van der Waals surface area contributed by atoms with Crippen molar-refractivity contribution in [3.05, 3.63) is 23.3 Å². The summed E-state index contributed by atoms with van der Waals surface area (Å²) >= 11 is 0. The van der Waals surface area contributed by atoms with Crippen LogP contribution in [0.4, 0.5) is 0 Å². The van der Waals surface area contributed by atoms with Gasteiger partial charge < -0.3 is 5.11 Å². The van der Waals surface area contributed by atoms with E-state index in [1.807, 2.05) is 6.08 Å². The normalized spacial score (nSPS) is 20.2. The summed E-state index contributed by atoms with van der Waals surface area (Å²) in [5, 5.41) is 8.77. The molecule has 0 saturated carbocycles. The second kappa shape index (κ2) is 5.55. The molecule has 0 saturated heterocycles. The van der Waals surface area contributed by atoms with E-state index in [0.717, 1.165) is 12.0 Å². The zero-order valence-corrected chi connectivity index (χ0v) is 13.4. The number of aliphatic carboxylic acids is 1. The molecule has 0 radical (unpaired) electrons. The molecule has 0 aromatic carbocycles. The number of ketones is 1. The highest BCUT2D eigenvalue weighted by Gasteiger charge is 2.31. The van der Waals surface area contributed by atoms with Crippen molar-refractivity contribution in [1.29, 1.82) is 0 Å². The van der Waals surface area contributed by atoms with Crippen LogP contribution in [0.5, 0.6) is 0 Å². The molecule has 1 aliphatic rings. The van der Waals surface area contributed by atoms with E-state index in [1.54, 1.807) is 0 Å². The van der Waals surface area contributed by atoms with Crippen molar-refractivity contribution in [1.82, 2.24) is 0 Å². The van der Waals surface area contributed by atoms with E-state index in [1.165, 1.54) is 5.57 Å². The lowest BCUT2D eigenvalue weighted by molar-refractivity contribution is -0.148. The van der Waals surface area contributed by atoms with Gasteiger partial charge in [0.2, 0.25) is 5.78 Å². The molecule has 1 atom stereocenters. The number of carboxylic acids is 1. The number of allylic oxidation sites excluding steroid dienone is 4. The number of rotatable bonds is 3. The number of hydrogen-bond acceptors (Lipinski definition) is 2. The first kappa shape index (κ1) is 16.7. The Morgan fingerprint density at radius 2 is 1.75 bits per heavy atom. The monoisotopic (exact) mass is 278 g/mol. The third-order valence-electron chi connectivity index (χ3n) is 3.89. The van der Waals surface area contributed by atoms with Gasteiger partial charge in [-0.3, -0.25) is 4.79 Å². The lowest BCUT2D eigenvalue weighted by atomic mass is 9.69. The van der Waals surface area contributed by atoms with Crippen LogP contribution in [0, 0.1) is 16.7 Å². The smallest absolute Gasteiger partial charge is 0.372 e. The van der Waals surface area contributed by atoms with Crippen LogP contribution in [0.3, 0.4) is 0 Å². The molecule has 1 rings (SSSR count). The highest BCUT2D eigenvalue weighted by atomic mass is 16.4. The summed E-state index contributed by atoms with van der Waals surface area (Å²) in [6.07, 6.45) is 5.05. The molecule has 0 bridgehead atoms. The van der Waals surface area contributed by atoms with Crippen LogP contribution in [-0.2, 0) is 9.59 Å². The molecule has 0 aliphatic heterocycles. The fourth-order valence-electron chi connectivity index (χ4n) is 2.33. The average Bonchev–Trinajstić information content (AvgIpc) is 2.26. The van der Waals surface area contributed by atoms with E-state index in [4.69, 9.17) is 5.11 Å². The van der Waals surface area contributed by atoms with Crippen molar-refractivity contribution in [2.75, 3.05) is 0 Å². The lowest BCUT2D eigenvalue weighted by Gasteiger charge is -2.36. The third kappa shape index (κ3) is 4.32. The van der Waals surface area contributed by atoms with Crippen molar-refractivity contribution >= 4 is 11.8 Å². The van der Waals surface area contributed by atoms with Gasteiger partial charge in [-0.05, 0) is 28.7 Å². The Balaban J connectivity index is 3.10. The van der Waals surface area contributed by atoms with Gasteiger partial charge in [-0.1, -0.05) is 59.3 Å². The zero-order chi connectivity index (χ0) is 15.7. The van der Waals surface area contributed by atoms with Crippen LogP contribution < -0.4 is 0 Å². The van der Waals surface area contributed by atoms with Crippen molar-refractivity contribution in [2.45, 2.75) is 54.4 Å². The average molecular weight is 278 g/mol. The van der Waals surface area contributed by atoms with Gasteiger partial charge in [0.25, 0.3) is 0 Å². The van der Waals surface area contributed by atoms with Gasteiger partial charge in [0.1, 0.15) is 0 Å². The van der Waals surface area contributed by atoms with E-state index < -0.39 is 11.8 Å². The number of carbonyl (C=O) groups is 2. The summed E-state index contributed by atoms with van der Waals surface area (Å²) in [6.45, 7) is 13.0. The second-order valence-corrected chi connectivity index (χ2v) is 7.74. The first-order valence-electron chi connectivity index (χ1n) is 7.09. The van der Waals surface area contributed by atoms with Gasteiger partial charge in [0, 0.05) is 6.42 Å².